The highest BCUT2D eigenvalue weighted by Gasteiger charge is 2.13. The molecule has 0 aliphatic carbocycles. The van der Waals surface area contributed by atoms with Crippen LogP contribution in [0.3, 0.4) is 0 Å². The van der Waals surface area contributed by atoms with E-state index >= 15 is 0 Å². The molecule has 0 spiro atoms. The zero-order valence-corrected chi connectivity index (χ0v) is 12.8. The lowest BCUT2D eigenvalue weighted by Crippen LogP contribution is -2.29. The molecule has 0 atom stereocenters. The lowest BCUT2D eigenvalue weighted by Gasteiger charge is -2.16. The van der Waals surface area contributed by atoms with Crippen molar-refractivity contribution in [3.05, 3.63) is 27.6 Å². The Hall–Kier alpha value is -1.87. The molecule has 0 saturated heterocycles. The lowest BCUT2D eigenvalue weighted by atomic mass is 10.4. The van der Waals surface area contributed by atoms with Gasteiger partial charge in [-0.2, -0.15) is 0 Å². The number of rotatable bonds is 6. The monoisotopic (exact) mass is 327 g/mol. The van der Waals surface area contributed by atoms with Crippen LogP contribution in [0.25, 0.3) is 10.2 Å². The summed E-state index contributed by atoms with van der Waals surface area (Å²) in [5, 5.41) is 10.3. The molecule has 9 heteroatoms. The van der Waals surface area contributed by atoms with Gasteiger partial charge in [0.25, 0.3) is 5.56 Å². The van der Waals surface area contributed by atoms with Gasteiger partial charge < -0.3 is 15.0 Å². The summed E-state index contributed by atoms with van der Waals surface area (Å²) in [6.07, 6.45) is 0. The Bertz CT molecular complexity index is 725. The number of nitrogens with one attached hydrogen (secondary N) is 1. The second kappa shape index (κ2) is 6.72. The van der Waals surface area contributed by atoms with Crippen LogP contribution in [-0.4, -0.2) is 50.4 Å². The van der Waals surface area contributed by atoms with E-state index < -0.39 is 5.97 Å². The molecule has 0 saturated carbocycles. The molecule has 2 N–H and O–H groups in total. The van der Waals surface area contributed by atoms with Gasteiger partial charge in [-0.05, 0) is 11.4 Å². The molecule has 2 aromatic rings. The Morgan fingerprint density at radius 3 is 2.95 bits per heavy atom. The Morgan fingerprint density at radius 2 is 2.24 bits per heavy atom. The summed E-state index contributed by atoms with van der Waals surface area (Å²) in [7, 11) is 1.58. The summed E-state index contributed by atoms with van der Waals surface area (Å²) in [5.74, 6) is -0.799. The molecule has 7 nitrogen and oxygen atoms in total. The van der Waals surface area contributed by atoms with Gasteiger partial charge in [-0.1, -0.05) is 0 Å². The normalized spacial score (nSPS) is 10.7. The van der Waals surface area contributed by atoms with Crippen LogP contribution >= 0.6 is 23.1 Å². The maximum Gasteiger partial charge on any atom is 0.313 e. The number of H-pyrrole nitrogens is 1. The van der Waals surface area contributed by atoms with Crippen molar-refractivity contribution in [2.24, 2.45) is 0 Å². The SMILES string of the molecule is CN(Cc1nc2ccsc2c(=O)[nH]1)C(=O)CSCC(=O)O. The van der Waals surface area contributed by atoms with Crippen molar-refractivity contribution in [1.82, 2.24) is 14.9 Å². The number of carbonyl (C=O) groups excluding carboxylic acids is 1. The predicted molar refractivity (Wildman–Crippen MR) is 81.7 cm³/mol. The Morgan fingerprint density at radius 1 is 1.48 bits per heavy atom. The fourth-order valence-electron chi connectivity index (χ4n) is 1.65. The standard InChI is InChI=1S/C12H13N3O4S2/c1-15(9(16)5-20-6-10(17)18)4-8-13-7-2-3-21-11(7)12(19)14-8/h2-3H,4-6H2,1H3,(H,17,18)(H,13,14,19). The van der Waals surface area contributed by atoms with Crippen LogP contribution in [0.15, 0.2) is 16.2 Å². The van der Waals surface area contributed by atoms with E-state index in [1.165, 1.54) is 16.2 Å². The van der Waals surface area contributed by atoms with E-state index in [1.807, 2.05) is 0 Å². The number of aromatic amines is 1. The zero-order valence-electron chi connectivity index (χ0n) is 11.2. The number of nitrogens with zero attached hydrogens (tertiary/aromatic N) is 2. The molecule has 2 heterocycles. The third-order valence-electron chi connectivity index (χ3n) is 2.63. The third kappa shape index (κ3) is 4.05. The van der Waals surface area contributed by atoms with Gasteiger partial charge >= 0.3 is 5.97 Å². The number of fused-ring (bicyclic) bond motifs is 1. The number of carbonyl (C=O) groups is 2. The van der Waals surface area contributed by atoms with E-state index in [0.717, 1.165) is 11.8 Å². The number of thiophene rings is 1. The summed E-state index contributed by atoms with van der Waals surface area (Å²) in [5.41, 5.74) is 0.394. The van der Waals surface area contributed by atoms with Crippen LogP contribution in [0.5, 0.6) is 0 Å². The predicted octanol–water partition coefficient (Wildman–Crippen LogP) is 0.761. The maximum atomic E-state index is 11.8. The van der Waals surface area contributed by atoms with E-state index in [2.05, 4.69) is 9.97 Å². The number of carboxylic acid groups (broad SMARTS) is 1. The lowest BCUT2D eigenvalue weighted by molar-refractivity contribution is -0.133. The van der Waals surface area contributed by atoms with Crippen molar-refractivity contribution < 1.29 is 14.7 Å². The highest BCUT2D eigenvalue weighted by Crippen LogP contribution is 2.14. The Balaban J connectivity index is 2.00. The van der Waals surface area contributed by atoms with Crippen molar-refractivity contribution in [3.8, 4) is 0 Å². The Kier molecular flexibility index (Phi) is 4.97. The molecule has 2 rings (SSSR count). The van der Waals surface area contributed by atoms with Crippen LogP contribution < -0.4 is 5.56 Å². The first kappa shape index (κ1) is 15.5. The van der Waals surface area contributed by atoms with Gasteiger partial charge in [0.05, 0.1) is 23.6 Å². The molecule has 112 valence electrons. The molecular weight excluding hydrogens is 314 g/mol. The fourth-order valence-corrected chi connectivity index (χ4v) is 3.04. The van der Waals surface area contributed by atoms with E-state index in [9.17, 15) is 14.4 Å². The summed E-state index contributed by atoms with van der Waals surface area (Å²) in [6, 6.07) is 1.75. The largest absolute Gasteiger partial charge is 0.481 e. The molecule has 0 bridgehead atoms. The average Bonchev–Trinajstić information content (AvgIpc) is 2.86. The minimum Gasteiger partial charge on any atom is -0.481 e. The molecule has 0 unspecified atom stereocenters. The maximum absolute atomic E-state index is 11.8. The first-order chi connectivity index (χ1) is 9.97. The molecular formula is C12H13N3O4S2. The Labute approximate surface area is 128 Å². The molecule has 0 aliphatic rings. The topological polar surface area (TPSA) is 103 Å². The second-order valence-corrected chi connectivity index (χ2v) is 6.19. The first-order valence-electron chi connectivity index (χ1n) is 5.97. The number of thioether (sulfide) groups is 1. The third-order valence-corrected chi connectivity index (χ3v) is 4.43. The molecule has 0 aromatic carbocycles. The van der Waals surface area contributed by atoms with Crippen LogP contribution in [0.2, 0.25) is 0 Å². The van der Waals surface area contributed by atoms with Gasteiger partial charge in [-0.15, -0.1) is 23.1 Å². The van der Waals surface area contributed by atoms with Crippen molar-refractivity contribution >= 4 is 45.2 Å². The van der Waals surface area contributed by atoms with Gasteiger partial charge in [0, 0.05) is 7.05 Å². The van der Waals surface area contributed by atoms with E-state index in [4.69, 9.17) is 5.11 Å². The average molecular weight is 327 g/mol. The van der Waals surface area contributed by atoms with Gasteiger partial charge in [0.15, 0.2) is 0 Å². The number of hydrogen-bond donors (Lipinski definition) is 2. The van der Waals surface area contributed by atoms with Crippen LogP contribution in [0.1, 0.15) is 5.82 Å². The number of aromatic nitrogens is 2. The summed E-state index contributed by atoms with van der Waals surface area (Å²) in [4.78, 5) is 42.3. The van der Waals surface area contributed by atoms with E-state index in [0.29, 0.717) is 16.0 Å². The smallest absolute Gasteiger partial charge is 0.313 e. The summed E-state index contributed by atoms with van der Waals surface area (Å²) in [6.45, 7) is 0.174. The highest BCUT2D eigenvalue weighted by molar-refractivity contribution is 8.00. The van der Waals surface area contributed by atoms with Crippen LogP contribution in [-0.2, 0) is 16.1 Å². The summed E-state index contributed by atoms with van der Waals surface area (Å²) < 4.78 is 0.560. The van der Waals surface area contributed by atoms with Crippen molar-refractivity contribution in [1.29, 1.82) is 0 Å². The molecule has 0 aliphatic heterocycles. The zero-order chi connectivity index (χ0) is 15.4. The number of aliphatic carboxylic acids is 1. The van der Waals surface area contributed by atoms with Gasteiger partial charge in [-0.25, -0.2) is 4.98 Å². The van der Waals surface area contributed by atoms with Crippen molar-refractivity contribution in [2.45, 2.75) is 6.54 Å². The first-order valence-corrected chi connectivity index (χ1v) is 8.00. The minimum atomic E-state index is -0.954. The van der Waals surface area contributed by atoms with Gasteiger partial charge in [0.2, 0.25) is 5.91 Å². The number of carboxylic acids is 1. The fraction of sp³-hybridized carbons (Fsp3) is 0.333. The second-order valence-electron chi connectivity index (χ2n) is 4.28. The van der Waals surface area contributed by atoms with Gasteiger partial charge in [0.1, 0.15) is 10.5 Å². The minimum absolute atomic E-state index is 0.0771. The highest BCUT2D eigenvalue weighted by atomic mass is 32.2. The van der Waals surface area contributed by atoms with E-state index in [-0.39, 0.29) is 29.5 Å². The van der Waals surface area contributed by atoms with Crippen LogP contribution in [0, 0.1) is 0 Å². The molecule has 0 fully saturated rings. The van der Waals surface area contributed by atoms with E-state index in [1.54, 1.807) is 18.5 Å². The molecule has 21 heavy (non-hydrogen) atoms. The quantitative estimate of drug-likeness (QED) is 0.812. The number of amides is 1. The van der Waals surface area contributed by atoms with Crippen molar-refractivity contribution in [2.75, 3.05) is 18.6 Å². The summed E-state index contributed by atoms with van der Waals surface area (Å²) >= 11 is 2.35. The number of hydrogen-bond acceptors (Lipinski definition) is 6. The molecule has 1 amide bonds. The van der Waals surface area contributed by atoms with Gasteiger partial charge in [-0.3, -0.25) is 14.4 Å². The molecule has 0 radical (unpaired) electrons. The molecule has 2 aromatic heterocycles. The van der Waals surface area contributed by atoms with Crippen molar-refractivity contribution in [3.63, 3.8) is 0 Å². The van der Waals surface area contributed by atoms with Crippen LogP contribution in [0.4, 0.5) is 0 Å².